The molecular weight excluding hydrogens is 236 g/mol. The molecule has 0 N–H and O–H groups in total. The summed E-state index contributed by atoms with van der Waals surface area (Å²) in [5, 5.41) is 0.416. The molecule has 0 amide bonds. The van der Waals surface area contributed by atoms with Gasteiger partial charge in [-0.1, -0.05) is 0 Å². The van der Waals surface area contributed by atoms with Crippen LogP contribution in [-0.4, -0.2) is 22.1 Å². The predicted octanol–water partition coefficient (Wildman–Crippen LogP) is 1.17. The molecule has 2 aromatic rings. The van der Waals surface area contributed by atoms with Gasteiger partial charge in [-0.2, -0.15) is 0 Å². The third kappa shape index (κ3) is 2.01. The number of carbonyl (C=O) groups is 1. The molecule has 0 atom stereocenters. The molecule has 6 nitrogen and oxygen atoms in total. The third-order valence-electron chi connectivity index (χ3n) is 2.76. The standard InChI is InChI=1S/C12H14N2O4/c1-4-17-9(15)5-14-6-13-11-10(12(14)16)7(2)8(3)18-11/h6H,4-5H2,1-3H3. The first-order valence-corrected chi connectivity index (χ1v) is 5.65. The van der Waals surface area contributed by atoms with E-state index >= 15 is 0 Å². The first-order chi connectivity index (χ1) is 8.54. The monoisotopic (exact) mass is 250 g/mol. The van der Waals surface area contributed by atoms with Crippen LogP contribution in [0.1, 0.15) is 18.2 Å². The maximum Gasteiger partial charge on any atom is 0.326 e. The number of hydrogen-bond donors (Lipinski definition) is 0. The molecule has 0 aliphatic heterocycles. The molecule has 2 rings (SSSR count). The Kier molecular flexibility index (Phi) is 3.18. The number of aromatic nitrogens is 2. The molecule has 0 aliphatic rings. The Morgan fingerprint density at radius 1 is 1.50 bits per heavy atom. The second-order valence-corrected chi connectivity index (χ2v) is 3.95. The van der Waals surface area contributed by atoms with Gasteiger partial charge in [0.05, 0.1) is 6.61 Å². The summed E-state index contributed by atoms with van der Waals surface area (Å²) in [6, 6.07) is 0. The molecule has 6 heteroatoms. The van der Waals surface area contributed by atoms with E-state index in [1.807, 2.05) is 0 Å². The average Bonchev–Trinajstić information content (AvgIpc) is 2.60. The third-order valence-corrected chi connectivity index (χ3v) is 2.76. The second kappa shape index (κ2) is 4.64. The lowest BCUT2D eigenvalue weighted by atomic mass is 10.2. The molecule has 0 saturated heterocycles. The molecule has 0 unspecified atom stereocenters. The molecule has 0 fully saturated rings. The Bertz CT molecular complexity index is 654. The van der Waals surface area contributed by atoms with E-state index in [0.29, 0.717) is 16.9 Å². The molecule has 96 valence electrons. The quantitative estimate of drug-likeness (QED) is 0.764. The summed E-state index contributed by atoms with van der Waals surface area (Å²) in [5.74, 6) is 0.196. The second-order valence-electron chi connectivity index (χ2n) is 3.95. The Hall–Kier alpha value is -2.11. The highest BCUT2D eigenvalue weighted by Crippen LogP contribution is 2.18. The van der Waals surface area contributed by atoms with E-state index in [0.717, 1.165) is 5.56 Å². The normalized spacial score (nSPS) is 10.8. The molecule has 0 saturated carbocycles. The Labute approximate surface area is 103 Å². The van der Waals surface area contributed by atoms with E-state index in [1.165, 1.54) is 10.9 Å². The van der Waals surface area contributed by atoms with Crippen molar-refractivity contribution in [2.75, 3.05) is 6.61 Å². The minimum atomic E-state index is -0.460. The van der Waals surface area contributed by atoms with E-state index < -0.39 is 5.97 Å². The zero-order chi connectivity index (χ0) is 13.3. The minimum absolute atomic E-state index is 0.140. The van der Waals surface area contributed by atoms with Crippen LogP contribution in [0.3, 0.4) is 0 Å². The number of ether oxygens (including phenoxy) is 1. The van der Waals surface area contributed by atoms with Crippen molar-refractivity contribution in [2.45, 2.75) is 27.3 Å². The zero-order valence-corrected chi connectivity index (χ0v) is 10.5. The van der Waals surface area contributed by atoms with E-state index in [4.69, 9.17) is 9.15 Å². The van der Waals surface area contributed by atoms with Crippen molar-refractivity contribution in [2.24, 2.45) is 0 Å². The SMILES string of the molecule is CCOC(=O)Cn1cnc2oc(C)c(C)c2c1=O. The van der Waals surface area contributed by atoms with Gasteiger partial charge in [-0.25, -0.2) is 4.98 Å². The number of fused-ring (bicyclic) bond motifs is 1. The van der Waals surface area contributed by atoms with Crippen LogP contribution in [0.25, 0.3) is 11.1 Å². The van der Waals surface area contributed by atoms with Gasteiger partial charge in [-0.15, -0.1) is 0 Å². The number of carbonyl (C=O) groups excluding carboxylic acids is 1. The molecule has 0 aliphatic carbocycles. The van der Waals surface area contributed by atoms with Crippen LogP contribution in [0, 0.1) is 13.8 Å². The van der Waals surface area contributed by atoms with Gasteiger partial charge in [-0.3, -0.25) is 14.2 Å². The van der Waals surface area contributed by atoms with Gasteiger partial charge in [0.1, 0.15) is 24.0 Å². The molecule has 2 heterocycles. The van der Waals surface area contributed by atoms with Gasteiger partial charge in [0.2, 0.25) is 5.71 Å². The first-order valence-electron chi connectivity index (χ1n) is 5.65. The van der Waals surface area contributed by atoms with E-state index in [2.05, 4.69) is 4.98 Å². The van der Waals surface area contributed by atoms with Crippen molar-refractivity contribution in [1.29, 1.82) is 0 Å². The highest BCUT2D eigenvalue weighted by molar-refractivity contribution is 5.77. The van der Waals surface area contributed by atoms with Crippen LogP contribution >= 0.6 is 0 Å². The molecule has 18 heavy (non-hydrogen) atoms. The van der Waals surface area contributed by atoms with Crippen LogP contribution in [-0.2, 0) is 16.1 Å². The van der Waals surface area contributed by atoms with Crippen LogP contribution in [0.4, 0.5) is 0 Å². The number of furan rings is 1. The summed E-state index contributed by atoms with van der Waals surface area (Å²) in [7, 11) is 0. The fourth-order valence-corrected chi connectivity index (χ4v) is 1.73. The van der Waals surface area contributed by atoms with Gasteiger partial charge in [0, 0.05) is 5.56 Å². The Morgan fingerprint density at radius 3 is 2.89 bits per heavy atom. The summed E-state index contributed by atoms with van der Waals surface area (Å²) >= 11 is 0. The fraction of sp³-hybridized carbons (Fsp3) is 0.417. The molecule has 0 bridgehead atoms. The maximum atomic E-state index is 12.2. The topological polar surface area (TPSA) is 74.3 Å². The molecule has 0 spiro atoms. The van der Waals surface area contributed by atoms with Crippen LogP contribution in [0.15, 0.2) is 15.5 Å². The van der Waals surface area contributed by atoms with E-state index in [1.54, 1.807) is 20.8 Å². The lowest BCUT2D eigenvalue weighted by Crippen LogP contribution is -2.25. The van der Waals surface area contributed by atoms with Crippen molar-refractivity contribution < 1.29 is 13.9 Å². The molecule has 2 aromatic heterocycles. The van der Waals surface area contributed by atoms with Gasteiger partial charge in [0.15, 0.2) is 0 Å². The lowest BCUT2D eigenvalue weighted by molar-refractivity contribution is -0.143. The minimum Gasteiger partial charge on any atom is -0.465 e. The Morgan fingerprint density at radius 2 is 2.22 bits per heavy atom. The van der Waals surface area contributed by atoms with Crippen molar-refractivity contribution >= 4 is 17.1 Å². The number of aryl methyl sites for hydroxylation is 2. The molecule has 0 radical (unpaired) electrons. The first kappa shape index (κ1) is 12.3. The molecular formula is C12H14N2O4. The van der Waals surface area contributed by atoms with Gasteiger partial charge in [0.25, 0.3) is 5.56 Å². The van der Waals surface area contributed by atoms with Gasteiger partial charge < -0.3 is 9.15 Å². The number of rotatable bonds is 3. The van der Waals surface area contributed by atoms with Crippen LogP contribution in [0.2, 0.25) is 0 Å². The summed E-state index contributed by atoms with van der Waals surface area (Å²) in [5.41, 5.74) is 0.762. The van der Waals surface area contributed by atoms with Gasteiger partial charge >= 0.3 is 5.97 Å². The number of nitrogens with zero attached hydrogens (tertiary/aromatic N) is 2. The van der Waals surface area contributed by atoms with Crippen LogP contribution < -0.4 is 5.56 Å². The van der Waals surface area contributed by atoms with E-state index in [-0.39, 0.29) is 18.7 Å². The zero-order valence-electron chi connectivity index (χ0n) is 10.5. The van der Waals surface area contributed by atoms with Crippen molar-refractivity contribution in [3.8, 4) is 0 Å². The highest BCUT2D eigenvalue weighted by Gasteiger charge is 2.15. The highest BCUT2D eigenvalue weighted by atomic mass is 16.5. The molecule has 0 aromatic carbocycles. The maximum absolute atomic E-state index is 12.2. The fourth-order valence-electron chi connectivity index (χ4n) is 1.73. The number of hydrogen-bond acceptors (Lipinski definition) is 5. The smallest absolute Gasteiger partial charge is 0.326 e. The van der Waals surface area contributed by atoms with Crippen molar-refractivity contribution in [1.82, 2.24) is 9.55 Å². The van der Waals surface area contributed by atoms with Crippen LogP contribution in [0.5, 0.6) is 0 Å². The van der Waals surface area contributed by atoms with Crippen molar-refractivity contribution in [3.63, 3.8) is 0 Å². The predicted molar refractivity (Wildman–Crippen MR) is 64.4 cm³/mol. The largest absolute Gasteiger partial charge is 0.465 e. The lowest BCUT2D eigenvalue weighted by Gasteiger charge is -2.04. The van der Waals surface area contributed by atoms with Gasteiger partial charge in [-0.05, 0) is 20.8 Å². The van der Waals surface area contributed by atoms with Crippen molar-refractivity contribution in [3.05, 3.63) is 28.0 Å². The number of esters is 1. The summed E-state index contributed by atoms with van der Waals surface area (Å²) in [4.78, 5) is 27.5. The summed E-state index contributed by atoms with van der Waals surface area (Å²) in [6.45, 7) is 5.42. The summed E-state index contributed by atoms with van der Waals surface area (Å²) in [6.07, 6.45) is 1.30. The average molecular weight is 250 g/mol. The Balaban J connectivity index is 2.48. The summed E-state index contributed by atoms with van der Waals surface area (Å²) < 4.78 is 11.4. The van der Waals surface area contributed by atoms with E-state index in [9.17, 15) is 9.59 Å².